The second kappa shape index (κ2) is 25.3. The van der Waals surface area contributed by atoms with Crippen LogP contribution in [0.4, 0.5) is 0 Å². The molecular weight excluding hydrogens is 533 g/mol. The van der Waals surface area contributed by atoms with E-state index < -0.39 is 0 Å². The van der Waals surface area contributed by atoms with Crippen LogP contribution in [0.3, 0.4) is 0 Å². The normalized spacial score (nSPS) is 19.9. The van der Waals surface area contributed by atoms with Crippen LogP contribution in [0.1, 0.15) is 75.5 Å². The Kier molecular flexibility index (Phi) is 24.0. The van der Waals surface area contributed by atoms with Crippen molar-refractivity contribution in [3.8, 4) is 0 Å². The SMILES string of the molecule is C=C.C=C/C=C\c1c(C)cccc1C=C.C=NC1=C(SCC2CC2CNC)CCN(CC)C1.CC1CCCCC1.CN. The van der Waals surface area contributed by atoms with Gasteiger partial charge in [0.15, 0.2) is 0 Å². The van der Waals surface area contributed by atoms with Gasteiger partial charge in [0.05, 0.1) is 5.70 Å². The molecule has 0 bridgehead atoms. The zero-order chi connectivity index (χ0) is 31.8. The summed E-state index contributed by atoms with van der Waals surface area (Å²) in [6, 6.07) is 6.19. The van der Waals surface area contributed by atoms with Gasteiger partial charge in [0.2, 0.25) is 0 Å². The number of allylic oxidation sites excluding steroid dienone is 2. The largest absolute Gasteiger partial charge is 0.333 e. The number of aliphatic imine (C=N–C) groups is 1. The molecule has 236 valence electrons. The number of hydrogen-bond donors (Lipinski definition) is 2. The van der Waals surface area contributed by atoms with Crippen molar-refractivity contribution in [2.45, 2.75) is 65.7 Å². The van der Waals surface area contributed by atoms with Gasteiger partial charge >= 0.3 is 0 Å². The first-order chi connectivity index (χ1) is 20.5. The molecule has 42 heavy (non-hydrogen) atoms. The molecule has 0 radical (unpaired) electrons. The predicted octanol–water partition coefficient (Wildman–Crippen LogP) is 9.01. The number of benzene rings is 1. The third-order valence-corrected chi connectivity index (χ3v) is 9.25. The summed E-state index contributed by atoms with van der Waals surface area (Å²) in [5.74, 6) is 4.14. The summed E-state index contributed by atoms with van der Waals surface area (Å²) >= 11 is 2.03. The molecule has 3 aliphatic rings. The number of thioether (sulfide) groups is 1. The van der Waals surface area contributed by atoms with Crippen molar-refractivity contribution in [2.24, 2.45) is 28.5 Å². The Balaban J connectivity index is 0.000000611. The van der Waals surface area contributed by atoms with Gasteiger partial charge in [-0.3, -0.25) is 9.89 Å². The van der Waals surface area contributed by atoms with Crippen LogP contribution in [0, 0.1) is 24.7 Å². The summed E-state index contributed by atoms with van der Waals surface area (Å²) in [5, 5.41) is 3.27. The highest BCUT2D eigenvalue weighted by atomic mass is 32.2. The zero-order valence-corrected chi connectivity index (χ0v) is 28.5. The van der Waals surface area contributed by atoms with Gasteiger partial charge in [-0.25, -0.2) is 0 Å². The Hall–Kier alpha value is -2.18. The van der Waals surface area contributed by atoms with Crippen LogP contribution in [0.15, 0.2) is 72.3 Å². The molecule has 2 fully saturated rings. The van der Waals surface area contributed by atoms with Gasteiger partial charge in [-0.1, -0.05) is 102 Å². The predicted molar refractivity (Wildman–Crippen MR) is 195 cm³/mol. The molecule has 2 saturated carbocycles. The van der Waals surface area contributed by atoms with Crippen molar-refractivity contribution in [2.75, 3.05) is 46.0 Å². The number of hydrogen-bond acceptors (Lipinski definition) is 5. The van der Waals surface area contributed by atoms with Crippen molar-refractivity contribution in [3.05, 3.63) is 84.0 Å². The monoisotopic (exact) mass is 594 g/mol. The molecule has 2 unspecified atom stereocenters. The molecule has 1 aromatic carbocycles. The van der Waals surface area contributed by atoms with Crippen LogP contribution >= 0.6 is 11.8 Å². The van der Waals surface area contributed by atoms with Crippen molar-refractivity contribution < 1.29 is 0 Å². The molecule has 2 aliphatic carbocycles. The van der Waals surface area contributed by atoms with Gasteiger partial charge in [0.1, 0.15) is 0 Å². The minimum atomic E-state index is 0.916. The van der Waals surface area contributed by atoms with E-state index in [2.05, 4.69) is 93.0 Å². The summed E-state index contributed by atoms with van der Waals surface area (Å²) in [4.78, 5) is 8.17. The highest BCUT2D eigenvalue weighted by Crippen LogP contribution is 2.43. The third-order valence-electron chi connectivity index (χ3n) is 7.87. The lowest BCUT2D eigenvalue weighted by molar-refractivity contribution is 0.303. The first-order valence-corrected chi connectivity index (χ1v) is 16.7. The maximum atomic E-state index is 4.50. The minimum Gasteiger partial charge on any atom is -0.333 e. The Morgan fingerprint density at radius 1 is 1.12 bits per heavy atom. The molecule has 1 aromatic rings. The second-order valence-electron chi connectivity index (χ2n) is 10.9. The van der Waals surface area contributed by atoms with E-state index in [9.17, 15) is 0 Å². The van der Waals surface area contributed by atoms with E-state index in [-0.39, 0.29) is 0 Å². The molecule has 4 rings (SSSR count). The summed E-state index contributed by atoms with van der Waals surface area (Å²) < 4.78 is 0. The average Bonchev–Trinajstić information content (AvgIpc) is 3.80. The van der Waals surface area contributed by atoms with Crippen molar-refractivity contribution in [3.63, 3.8) is 0 Å². The Bertz CT molecular complexity index is 945. The fraction of sp³-hybridized carbons (Fsp3) is 0.541. The second-order valence-corrected chi connectivity index (χ2v) is 12.0. The third kappa shape index (κ3) is 15.9. The number of aryl methyl sites for hydroxylation is 1. The van der Waals surface area contributed by atoms with E-state index in [0.29, 0.717) is 0 Å². The highest BCUT2D eigenvalue weighted by molar-refractivity contribution is 8.03. The fourth-order valence-corrected chi connectivity index (χ4v) is 6.52. The van der Waals surface area contributed by atoms with E-state index >= 15 is 0 Å². The lowest BCUT2D eigenvalue weighted by Crippen LogP contribution is -2.30. The smallest absolute Gasteiger partial charge is 0.0631 e. The molecule has 0 saturated heterocycles. The maximum absolute atomic E-state index is 4.50. The van der Waals surface area contributed by atoms with E-state index in [4.69, 9.17) is 0 Å². The molecule has 2 atom stereocenters. The molecule has 0 aromatic heterocycles. The highest BCUT2D eigenvalue weighted by Gasteiger charge is 2.36. The van der Waals surface area contributed by atoms with Gasteiger partial charge in [0.25, 0.3) is 0 Å². The van der Waals surface area contributed by atoms with Crippen molar-refractivity contribution in [1.29, 1.82) is 0 Å². The van der Waals surface area contributed by atoms with E-state index in [1.54, 1.807) is 6.08 Å². The van der Waals surface area contributed by atoms with E-state index in [0.717, 1.165) is 42.8 Å². The number of rotatable bonds is 10. The van der Waals surface area contributed by atoms with Crippen LogP contribution in [0.5, 0.6) is 0 Å². The van der Waals surface area contributed by atoms with Crippen molar-refractivity contribution in [1.82, 2.24) is 10.2 Å². The molecule has 0 spiro atoms. The quantitative estimate of drug-likeness (QED) is 0.161. The van der Waals surface area contributed by atoms with Crippen molar-refractivity contribution >= 4 is 30.6 Å². The minimum absolute atomic E-state index is 0.916. The van der Waals surface area contributed by atoms with Gasteiger partial charge in [-0.2, -0.15) is 0 Å². The number of nitrogens with one attached hydrogen (secondary N) is 1. The topological polar surface area (TPSA) is 53.7 Å². The van der Waals surface area contributed by atoms with Gasteiger partial charge in [-0.15, -0.1) is 24.9 Å². The van der Waals surface area contributed by atoms with E-state index in [1.165, 1.54) is 86.1 Å². The summed E-state index contributed by atoms with van der Waals surface area (Å²) in [5.41, 5.74) is 9.37. The number of nitrogens with zero attached hydrogens (tertiary/aromatic N) is 2. The van der Waals surface area contributed by atoms with Crippen LogP contribution in [-0.2, 0) is 0 Å². The Morgan fingerprint density at radius 2 is 1.81 bits per heavy atom. The van der Waals surface area contributed by atoms with Gasteiger partial charge in [0, 0.05) is 23.7 Å². The molecular formula is C37H62N4S. The lowest BCUT2D eigenvalue weighted by atomic mass is 9.91. The molecule has 0 amide bonds. The lowest BCUT2D eigenvalue weighted by Gasteiger charge is -2.27. The van der Waals surface area contributed by atoms with Crippen LogP contribution in [0.25, 0.3) is 12.2 Å². The van der Waals surface area contributed by atoms with Gasteiger partial charge < -0.3 is 11.1 Å². The standard InChI is InChI=1S/C14H25N3S.C13H14.C7H14.C2H4.CH5N/c1-4-17-6-5-14(13(9-17)16-3)18-10-12-7-11(12)8-15-2;1-4-6-10-13-11(3)8-7-9-12(13)5-2;1-7-5-3-2-4-6-7;2*1-2/h11-12,15H,3-10H2,1-2H3;4-10H,1-2H2,3H3;7H,2-6H2,1H3;1-2H2;2H2,1H3/b;10-6-;;;. The van der Waals surface area contributed by atoms with Gasteiger partial charge in [-0.05, 0) is 88.1 Å². The summed E-state index contributed by atoms with van der Waals surface area (Å²) in [6.45, 7) is 28.3. The molecule has 1 heterocycles. The first kappa shape index (κ1) is 39.8. The molecule has 3 N–H and O–H groups in total. The zero-order valence-electron chi connectivity index (χ0n) is 27.7. The number of likely N-dealkylation sites (N-methyl/N-ethyl adjacent to an activating group) is 1. The van der Waals surface area contributed by atoms with E-state index in [1.807, 2.05) is 37.0 Å². The summed E-state index contributed by atoms with van der Waals surface area (Å²) in [7, 11) is 3.55. The molecule has 5 heteroatoms. The summed E-state index contributed by atoms with van der Waals surface area (Å²) in [6.07, 6.45) is 17.6. The molecule has 1 aliphatic heterocycles. The molecule has 4 nitrogen and oxygen atoms in total. The van der Waals surface area contributed by atoms with Crippen LogP contribution in [-0.4, -0.2) is 57.6 Å². The van der Waals surface area contributed by atoms with Crippen LogP contribution in [0.2, 0.25) is 0 Å². The fourth-order valence-electron chi connectivity index (χ4n) is 5.16. The first-order valence-electron chi connectivity index (χ1n) is 15.7. The van der Waals surface area contributed by atoms with Crippen LogP contribution < -0.4 is 11.1 Å². The Morgan fingerprint density at radius 3 is 2.33 bits per heavy atom. The average molecular weight is 595 g/mol. The number of nitrogens with two attached hydrogens (primary N) is 1. The maximum Gasteiger partial charge on any atom is 0.0631 e. The Labute approximate surface area is 264 Å².